The van der Waals surface area contributed by atoms with Crippen LogP contribution in [0.1, 0.15) is 27.0 Å². The maximum Gasteiger partial charge on any atom is 0.335 e. The van der Waals surface area contributed by atoms with E-state index in [2.05, 4.69) is 5.32 Å². The maximum absolute atomic E-state index is 11.1. The van der Waals surface area contributed by atoms with E-state index < -0.39 is 5.97 Å². The normalized spacial score (nSPS) is 10.5. The van der Waals surface area contributed by atoms with E-state index >= 15 is 0 Å². The van der Waals surface area contributed by atoms with Gasteiger partial charge in [-0.1, -0.05) is 35.3 Å². The Morgan fingerprint density at radius 3 is 2.54 bits per heavy atom. The van der Waals surface area contributed by atoms with Gasteiger partial charge in [0, 0.05) is 27.8 Å². The quantitative estimate of drug-likeness (QED) is 0.482. The topological polar surface area (TPSA) is 58.6 Å². The summed E-state index contributed by atoms with van der Waals surface area (Å²) in [5.74, 6) is -0.224. The molecule has 0 aliphatic carbocycles. The first kappa shape index (κ1) is 20.1. The Morgan fingerprint density at radius 2 is 1.82 bits per heavy atom. The van der Waals surface area contributed by atoms with Crippen LogP contribution in [0.2, 0.25) is 10.0 Å². The molecule has 0 atom stereocenters. The molecule has 0 amide bonds. The number of carboxylic acids is 1. The molecule has 4 nitrogen and oxygen atoms in total. The number of halogens is 2. The molecule has 0 aromatic heterocycles. The van der Waals surface area contributed by atoms with E-state index in [9.17, 15) is 4.79 Å². The van der Waals surface area contributed by atoms with Crippen LogP contribution < -0.4 is 10.1 Å². The van der Waals surface area contributed by atoms with E-state index in [4.69, 9.17) is 33.0 Å². The Morgan fingerprint density at radius 1 is 1.04 bits per heavy atom. The fourth-order valence-electron chi connectivity index (χ4n) is 2.80. The summed E-state index contributed by atoms with van der Waals surface area (Å²) in [5, 5.41) is 13.7. The highest BCUT2D eigenvalue weighted by molar-refractivity contribution is 6.30. The first-order valence-electron chi connectivity index (χ1n) is 8.66. The Bertz CT molecular complexity index is 1000. The largest absolute Gasteiger partial charge is 0.489 e. The standard InChI is InChI=1S/C22H19Cl2NO3/c1-14-9-16(22(26)27)5-7-20(14)25-12-17-11-19(24)6-8-21(17)28-13-15-3-2-4-18(23)10-15/h2-11,25H,12-13H2,1H3,(H,26,27). The lowest BCUT2D eigenvalue weighted by atomic mass is 10.1. The molecule has 0 unspecified atom stereocenters. The third-order valence-corrected chi connectivity index (χ3v) is 4.72. The lowest BCUT2D eigenvalue weighted by molar-refractivity contribution is 0.0697. The van der Waals surface area contributed by atoms with Crippen molar-refractivity contribution in [2.45, 2.75) is 20.1 Å². The minimum Gasteiger partial charge on any atom is -0.489 e. The van der Waals surface area contributed by atoms with Crippen molar-refractivity contribution in [3.63, 3.8) is 0 Å². The average Bonchev–Trinajstić information content (AvgIpc) is 2.66. The Hall–Kier alpha value is -2.69. The smallest absolute Gasteiger partial charge is 0.335 e. The molecule has 0 heterocycles. The molecule has 0 fully saturated rings. The second-order valence-electron chi connectivity index (χ2n) is 6.36. The van der Waals surface area contributed by atoms with Gasteiger partial charge in [0.05, 0.1) is 5.56 Å². The average molecular weight is 416 g/mol. The molecule has 3 aromatic carbocycles. The molecular weight excluding hydrogens is 397 g/mol. The molecule has 144 valence electrons. The van der Waals surface area contributed by atoms with Crippen LogP contribution in [-0.4, -0.2) is 11.1 Å². The van der Waals surface area contributed by atoms with Crippen LogP contribution in [0.5, 0.6) is 5.75 Å². The van der Waals surface area contributed by atoms with Gasteiger partial charge in [-0.3, -0.25) is 0 Å². The predicted octanol–water partition coefficient (Wildman–Crippen LogP) is 6.19. The van der Waals surface area contributed by atoms with Crippen LogP contribution in [0.25, 0.3) is 0 Å². The van der Waals surface area contributed by atoms with Crippen molar-refractivity contribution in [2.24, 2.45) is 0 Å². The van der Waals surface area contributed by atoms with Gasteiger partial charge in [-0.2, -0.15) is 0 Å². The summed E-state index contributed by atoms with van der Waals surface area (Å²) >= 11 is 12.2. The number of anilines is 1. The molecule has 0 saturated carbocycles. The third-order valence-electron chi connectivity index (χ3n) is 4.25. The molecule has 0 radical (unpaired) electrons. The van der Waals surface area contributed by atoms with Crippen LogP contribution in [0.3, 0.4) is 0 Å². The monoisotopic (exact) mass is 415 g/mol. The molecule has 0 aliphatic rings. The molecule has 6 heteroatoms. The van der Waals surface area contributed by atoms with Gasteiger partial charge in [-0.15, -0.1) is 0 Å². The summed E-state index contributed by atoms with van der Waals surface area (Å²) in [4.78, 5) is 11.1. The Kier molecular flexibility index (Phi) is 6.45. The van der Waals surface area contributed by atoms with E-state index in [0.29, 0.717) is 23.2 Å². The number of rotatable bonds is 7. The number of benzene rings is 3. The van der Waals surface area contributed by atoms with Crippen LogP contribution >= 0.6 is 23.2 Å². The second-order valence-corrected chi connectivity index (χ2v) is 7.23. The molecular formula is C22H19Cl2NO3. The van der Waals surface area contributed by atoms with E-state index in [0.717, 1.165) is 28.1 Å². The zero-order valence-electron chi connectivity index (χ0n) is 15.2. The summed E-state index contributed by atoms with van der Waals surface area (Å²) in [6.45, 7) is 2.74. The summed E-state index contributed by atoms with van der Waals surface area (Å²) < 4.78 is 5.97. The lowest BCUT2D eigenvalue weighted by Gasteiger charge is -2.15. The van der Waals surface area contributed by atoms with Crippen molar-refractivity contribution >= 4 is 34.9 Å². The zero-order chi connectivity index (χ0) is 20.1. The van der Waals surface area contributed by atoms with E-state index in [1.54, 1.807) is 24.3 Å². The van der Waals surface area contributed by atoms with Crippen molar-refractivity contribution in [3.05, 3.63) is 93.0 Å². The van der Waals surface area contributed by atoms with Crippen molar-refractivity contribution in [1.29, 1.82) is 0 Å². The minimum absolute atomic E-state index is 0.261. The second kappa shape index (κ2) is 9.00. The van der Waals surface area contributed by atoms with Crippen molar-refractivity contribution in [3.8, 4) is 5.75 Å². The minimum atomic E-state index is -0.943. The van der Waals surface area contributed by atoms with E-state index in [-0.39, 0.29) is 5.56 Å². The number of aryl methyl sites for hydroxylation is 1. The van der Waals surface area contributed by atoms with Crippen molar-refractivity contribution in [1.82, 2.24) is 0 Å². The van der Waals surface area contributed by atoms with Gasteiger partial charge >= 0.3 is 5.97 Å². The van der Waals surface area contributed by atoms with Crippen LogP contribution in [-0.2, 0) is 13.2 Å². The van der Waals surface area contributed by atoms with Gasteiger partial charge in [-0.25, -0.2) is 4.79 Å². The summed E-state index contributed by atoms with van der Waals surface area (Å²) in [6.07, 6.45) is 0. The Balaban J connectivity index is 1.73. The molecule has 0 aliphatic heterocycles. The lowest BCUT2D eigenvalue weighted by Crippen LogP contribution is -2.06. The van der Waals surface area contributed by atoms with Gasteiger partial charge in [0.15, 0.2) is 0 Å². The number of carboxylic acid groups (broad SMARTS) is 1. The van der Waals surface area contributed by atoms with Gasteiger partial charge in [-0.05, 0) is 66.6 Å². The maximum atomic E-state index is 11.1. The molecule has 3 rings (SSSR count). The molecule has 0 saturated heterocycles. The molecule has 28 heavy (non-hydrogen) atoms. The predicted molar refractivity (Wildman–Crippen MR) is 113 cm³/mol. The number of carbonyl (C=O) groups is 1. The van der Waals surface area contributed by atoms with Crippen molar-refractivity contribution < 1.29 is 14.6 Å². The summed E-state index contributed by atoms with van der Waals surface area (Å²) in [7, 11) is 0. The van der Waals surface area contributed by atoms with E-state index in [1.807, 2.05) is 43.3 Å². The number of hydrogen-bond donors (Lipinski definition) is 2. The fraction of sp³-hybridized carbons (Fsp3) is 0.136. The number of aromatic carboxylic acids is 1. The molecule has 0 bridgehead atoms. The summed E-state index contributed by atoms with van der Waals surface area (Å²) in [5.41, 5.74) is 3.84. The first-order valence-corrected chi connectivity index (χ1v) is 9.41. The fourth-order valence-corrected chi connectivity index (χ4v) is 3.21. The number of hydrogen-bond acceptors (Lipinski definition) is 3. The van der Waals surface area contributed by atoms with Gasteiger partial charge < -0.3 is 15.2 Å². The number of nitrogens with one attached hydrogen (secondary N) is 1. The Labute approximate surface area is 173 Å². The highest BCUT2D eigenvalue weighted by Gasteiger charge is 2.09. The highest BCUT2D eigenvalue weighted by atomic mass is 35.5. The number of ether oxygens (including phenoxy) is 1. The molecule has 0 spiro atoms. The van der Waals surface area contributed by atoms with Gasteiger partial charge in [0.1, 0.15) is 12.4 Å². The van der Waals surface area contributed by atoms with Crippen LogP contribution in [0.4, 0.5) is 5.69 Å². The molecule has 3 aromatic rings. The summed E-state index contributed by atoms with van der Waals surface area (Å²) in [6, 6.07) is 18.0. The highest BCUT2D eigenvalue weighted by Crippen LogP contribution is 2.26. The van der Waals surface area contributed by atoms with Crippen LogP contribution in [0, 0.1) is 6.92 Å². The van der Waals surface area contributed by atoms with Gasteiger partial charge in [0.2, 0.25) is 0 Å². The third kappa shape index (κ3) is 5.18. The zero-order valence-corrected chi connectivity index (χ0v) is 16.7. The molecule has 2 N–H and O–H groups in total. The van der Waals surface area contributed by atoms with Gasteiger partial charge in [0.25, 0.3) is 0 Å². The van der Waals surface area contributed by atoms with Crippen molar-refractivity contribution in [2.75, 3.05) is 5.32 Å². The van der Waals surface area contributed by atoms with Crippen LogP contribution in [0.15, 0.2) is 60.7 Å². The van der Waals surface area contributed by atoms with E-state index in [1.165, 1.54) is 0 Å². The SMILES string of the molecule is Cc1cc(C(=O)O)ccc1NCc1cc(Cl)ccc1OCc1cccc(Cl)c1. The first-order chi connectivity index (χ1) is 13.4.